The van der Waals surface area contributed by atoms with Crippen LogP contribution in [-0.2, 0) is 14.3 Å². The van der Waals surface area contributed by atoms with Crippen molar-refractivity contribution < 1.29 is 19.1 Å². The van der Waals surface area contributed by atoms with Gasteiger partial charge in [-0.25, -0.2) is 0 Å². The van der Waals surface area contributed by atoms with Crippen LogP contribution in [0.25, 0.3) is 0 Å². The number of hydrogen-bond donors (Lipinski definition) is 0. The van der Waals surface area contributed by atoms with Crippen LogP contribution in [0.5, 0.6) is 0 Å². The summed E-state index contributed by atoms with van der Waals surface area (Å²) in [6.45, 7) is 4.71. The third-order valence-corrected chi connectivity index (χ3v) is 7.75. The molecule has 162 valence electrons. The largest absolute Gasteiger partial charge is 0.466 e. The first kappa shape index (κ1) is 20.2. The van der Waals surface area contributed by atoms with Crippen molar-refractivity contribution in [2.24, 2.45) is 11.8 Å². The van der Waals surface area contributed by atoms with Crippen LogP contribution < -0.4 is 4.90 Å². The molecule has 2 aromatic rings. The number of carbonyl (C=O) groups excluding carboxylic acids is 3. The van der Waals surface area contributed by atoms with E-state index in [0.29, 0.717) is 17.3 Å². The average Bonchev–Trinajstić information content (AvgIpc) is 3.29. The highest BCUT2D eigenvalue weighted by molar-refractivity contribution is 7.12. The lowest BCUT2D eigenvalue weighted by Crippen LogP contribution is -2.62. The van der Waals surface area contributed by atoms with Gasteiger partial charge in [0.05, 0.1) is 17.4 Å². The molecule has 1 aromatic heterocycles. The summed E-state index contributed by atoms with van der Waals surface area (Å²) in [6.07, 6.45) is 2.24. The highest BCUT2D eigenvalue weighted by Crippen LogP contribution is 2.54. The fraction of sp³-hybridized carbons (Fsp3) is 0.458. The molecule has 5 rings (SSSR count). The van der Waals surface area contributed by atoms with Crippen LogP contribution in [0.15, 0.2) is 41.8 Å². The summed E-state index contributed by atoms with van der Waals surface area (Å²) in [5.41, 5.74) is 0.674. The van der Waals surface area contributed by atoms with Crippen molar-refractivity contribution in [3.05, 3.63) is 52.2 Å². The zero-order valence-corrected chi connectivity index (χ0v) is 18.6. The van der Waals surface area contributed by atoms with Crippen molar-refractivity contribution in [2.75, 3.05) is 24.6 Å². The van der Waals surface area contributed by atoms with Crippen molar-refractivity contribution in [3.8, 4) is 0 Å². The molecule has 1 aliphatic carbocycles. The number of fused-ring (bicyclic) bond motifs is 3. The van der Waals surface area contributed by atoms with E-state index in [0.717, 1.165) is 24.1 Å². The lowest BCUT2D eigenvalue weighted by Gasteiger charge is -2.46. The summed E-state index contributed by atoms with van der Waals surface area (Å²) < 4.78 is 5.39. The molecule has 1 saturated heterocycles. The fourth-order valence-corrected chi connectivity index (χ4v) is 5.90. The zero-order chi connectivity index (χ0) is 21.8. The number of benzene rings is 1. The number of esters is 1. The number of rotatable bonds is 5. The molecule has 0 spiro atoms. The number of thiophene rings is 1. The number of ether oxygens (including phenoxy) is 1. The van der Waals surface area contributed by atoms with E-state index in [-0.39, 0.29) is 30.9 Å². The van der Waals surface area contributed by atoms with Crippen LogP contribution in [0.3, 0.4) is 0 Å². The topological polar surface area (TPSA) is 66.9 Å². The second kappa shape index (κ2) is 7.48. The Bertz CT molecular complexity index is 1030. The van der Waals surface area contributed by atoms with Gasteiger partial charge in [0.1, 0.15) is 5.54 Å². The van der Waals surface area contributed by atoms with E-state index in [1.165, 1.54) is 11.3 Å². The van der Waals surface area contributed by atoms with Gasteiger partial charge in [-0.2, -0.15) is 0 Å². The first-order chi connectivity index (χ1) is 15.0. The van der Waals surface area contributed by atoms with Gasteiger partial charge >= 0.3 is 5.97 Å². The maximum absolute atomic E-state index is 14.0. The zero-order valence-electron chi connectivity index (χ0n) is 17.7. The molecule has 1 aromatic carbocycles. The van der Waals surface area contributed by atoms with Crippen LogP contribution in [0.1, 0.15) is 47.8 Å². The van der Waals surface area contributed by atoms with Crippen molar-refractivity contribution in [1.82, 2.24) is 4.90 Å². The smallest absolute Gasteiger partial charge is 0.311 e. The number of anilines is 1. The van der Waals surface area contributed by atoms with Crippen molar-refractivity contribution in [2.45, 2.75) is 38.1 Å². The monoisotopic (exact) mass is 438 g/mol. The Morgan fingerprint density at radius 2 is 1.97 bits per heavy atom. The Morgan fingerprint density at radius 3 is 2.65 bits per heavy atom. The summed E-state index contributed by atoms with van der Waals surface area (Å²) >= 11 is 1.35. The molecule has 3 atom stereocenters. The third kappa shape index (κ3) is 3.09. The maximum Gasteiger partial charge on any atom is 0.311 e. The summed E-state index contributed by atoms with van der Waals surface area (Å²) in [5.74, 6) is -1.16. The Labute approximate surface area is 185 Å². The van der Waals surface area contributed by atoms with Crippen LogP contribution in [0, 0.1) is 11.8 Å². The normalized spacial score (nSPS) is 27.1. The number of likely N-dealkylation sites (tertiary alicyclic amines) is 1. The maximum atomic E-state index is 14.0. The molecular formula is C24H26N2O4S. The molecule has 2 aliphatic heterocycles. The molecule has 3 aliphatic rings. The molecular weight excluding hydrogens is 412 g/mol. The third-order valence-electron chi connectivity index (χ3n) is 6.89. The molecule has 3 heterocycles. The molecule has 6 nitrogen and oxygen atoms in total. The minimum absolute atomic E-state index is 0.0974. The van der Waals surface area contributed by atoms with E-state index in [9.17, 15) is 14.4 Å². The first-order valence-electron chi connectivity index (χ1n) is 10.9. The molecule has 0 N–H and O–H groups in total. The lowest BCUT2D eigenvalue weighted by atomic mass is 9.72. The standard InChI is InChI=1S/C24H26N2O4S/c1-3-30-22(28)17-14-26(21(27)19-9-6-12-31-19)24(2)20(17)16-7-4-5-8-18(16)25(23(24)29)13-15-10-11-15/h4-9,12,15,17,20H,3,10-11,13-14H2,1-2H3/t17-,20+,24-/m0/s1. The SMILES string of the molecule is CCOC(=O)[C@H]1CN(C(=O)c2cccs2)[C@]2(C)C(=O)N(CC3CC3)c3ccccc3[C@H]12. The predicted molar refractivity (Wildman–Crippen MR) is 118 cm³/mol. The van der Waals surface area contributed by atoms with E-state index >= 15 is 0 Å². The minimum Gasteiger partial charge on any atom is -0.466 e. The van der Waals surface area contributed by atoms with Gasteiger partial charge < -0.3 is 14.5 Å². The van der Waals surface area contributed by atoms with Crippen molar-refractivity contribution in [1.29, 1.82) is 0 Å². The number of nitrogens with zero attached hydrogens (tertiary/aromatic N) is 2. The van der Waals surface area contributed by atoms with Gasteiger partial charge in [-0.1, -0.05) is 24.3 Å². The first-order valence-corrected chi connectivity index (χ1v) is 11.8. The summed E-state index contributed by atoms with van der Waals surface area (Å²) in [6, 6.07) is 11.4. The molecule has 0 radical (unpaired) electrons. The quantitative estimate of drug-likeness (QED) is 0.668. The van der Waals surface area contributed by atoms with Crippen LogP contribution in [0.4, 0.5) is 5.69 Å². The average molecular weight is 439 g/mol. The number of carbonyl (C=O) groups is 3. The summed E-state index contributed by atoms with van der Waals surface area (Å²) in [7, 11) is 0. The minimum atomic E-state index is -1.14. The molecule has 1 saturated carbocycles. The van der Waals surface area contributed by atoms with Crippen LogP contribution in [0.2, 0.25) is 0 Å². The van der Waals surface area contributed by atoms with Gasteiger partial charge in [0.2, 0.25) is 0 Å². The van der Waals surface area contributed by atoms with Gasteiger partial charge in [0.15, 0.2) is 0 Å². The Morgan fingerprint density at radius 1 is 1.19 bits per heavy atom. The van der Waals surface area contributed by atoms with E-state index in [2.05, 4.69) is 0 Å². The summed E-state index contributed by atoms with van der Waals surface area (Å²) in [5, 5.41) is 1.85. The Balaban J connectivity index is 1.65. The second-order valence-corrected chi connectivity index (χ2v) is 9.74. The van der Waals surface area contributed by atoms with Gasteiger partial charge in [-0.15, -0.1) is 11.3 Å². The van der Waals surface area contributed by atoms with E-state index in [4.69, 9.17) is 4.74 Å². The fourth-order valence-electron chi connectivity index (χ4n) is 5.23. The van der Waals surface area contributed by atoms with Gasteiger partial charge in [0.25, 0.3) is 11.8 Å². The van der Waals surface area contributed by atoms with Crippen molar-refractivity contribution in [3.63, 3.8) is 0 Å². The van der Waals surface area contributed by atoms with Gasteiger partial charge in [-0.3, -0.25) is 14.4 Å². The van der Waals surface area contributed by atoms with E-state index < -0.39 is 17.4 Å². The number of para-hydroxylation sites is 1. The highest BCUT2D eigenvalue weighted by Gasteiger charge is 2.64. The lowest BCUT2D eigenvalue weighted by molar-refractivity contribution is -0.148. The molecule has 0 bridgehead atoms. The molecule has 0 unspecified atom stereocenters. The van der Waals surface area contributed by atoms with Crippen molar-refractivity contribution >= 4 is 34.8 Å². The number of amides is 2. The summed E-state index contributed by atoms with van der Waals surface area (Å²) in [4.78, 5) is 44.6. The molecule has 31 heavy (non-hydrogen) atoms. The molecule has 7 heteroatoms. The van der Waals surface area contributed by atoms with E-state index in [1.54, 1.807) is 17.9 Å². The Hall–Kier alpha value is -2.67. The number of hydrogen-bond acceptors (Lipinski definition) is 5. The molecule has 2 fully saturated rings. The predicted octanol–water partition coefficient (Wildman–Crippen LogP) is 3.68. The van der Waals surface area contributed by atoms with Gasteiger partial charge in [-0.05, 0) is 55.7 Å². The second-order valence-electron chi connectivity index (χ2n) is 8.79. The van der Waals surface area contributed by atoms with Crippen LogP contribution in [-0.4, -0.2) is 47.9 Å². The highest BCUT2D eigenvalue weighted by atomic mass is 32.1. The van der Waals surface area contributed by atoms with Crippen LogP contribution >= 0.6 is 11.3 Å². The Kier molecular flexibility index (Phi) is 4.88. The van der Waals surface area contributed by atoms with E-state index in [1.807, 2.05) is 47.5 Å². The molecule has 2 amide bonds. The van der Waals surface area contributed by atoms with Gasteiger partial charge in [0, 0.05) is 24.7 Å².